The van der Waals surface area contributed by atoms with E-state index in [1.807, 2.05) is 0 Å². The Morgan fingerprint density at radius 2 is 0.814 bits per heavy atom. The molecule has 97 heavy (non-hydrogen) atoms. The lowest BCUT2D eigenvalue weighted by molar-refractivity contribution is -0.143. The highest BCUT2D eigenvalue weighted by molar-refractivity contribution is 5.99. The normalized spacial score (nSPS) is 14.9. The van der Waals surface area contributed by atoms with Crippen LogP contribution in [0.1, 0.15) is 157 Å². The fraction of sp³-hybridized carbons (Fsp3) is 0.683. The highest BCUT2D eigenvalue weighted by Crippen LogP contribution is 2.16. The minimum absolute atomic E-state index is 0.0144. The number of phenols is 1. The summed E-state index contributed by atoms with van der Waals surface area (Å²) in [6, 6.07) is -8.48. The molecular weight excluding hydrogens is 1270 g/mol. The maximum atomic E-state index is 14.5. The Morgan fingerprint density at radius 1 is 0.423 bits per heavy atom. The molecule has 0 heterocycles. The molecule has 0 aliphatic rings. The number of aliphatic hydroxyl groups excluding tert-OH is 1. The molecule has 0 unspecified atom stereocenters. The number of benzene rings is 1. The standard InChI is InChI=1S/C63H107N15O19/c1-8-36(6)52(77-57(90)43(17-11-14-28-66)73-58(91)45(29-34(2)3)75-56(89)42(16-10-13-27-65)72-55(88)41(15-9-12-26-64)71-54(87)40(67)22-24-50(83)84)62(95)76-46(30-35(4)5)60(93)78-53(37(7)79)61(94)69-32-48(81)68-33-49(82)70-47(31-38-18-20-39(80)21-19-38)59(92)74-44(63(96)97)23-25-51(85)86/h18-21,34-37,40-47,52-53,79-80H,8-17,22-33,64-67H2,1-7H3,(H,68,81)(H,69,94)(H,70,82)(H,71,87)(H,72,88)(H,73,91)(H,74,92)(H,75,89)(H,76,95)(H,77,90)(H,78,93)(H,83,84)(H,85,86)(H,96,97)/t36-,37+,40-,41-,42-,43-,44-,45-,46-,47-,52-,53-/m0/s1. The molecule has 0 aliphatic carbocycles. The Kier molecular flexibility index (Phi) is 41.5. The zero-order valence-corrected chi connectivity index (χ0v) is 56.7. The topological polar surface area (TPSA) is 577 Å². The third-order valence-electron chi connectivity index (χ3n) is 15.4. The van der Waals surface area contributed by atoms with Crippen molar-refractivity contribution in [3.05, 3.63) is 29.8 Å². The monoisotopic (exact) mass is 1380 g/mol. The fourth-order valence-electron chi connectivity index (χ4n) is 9.71. The Morgan fingerprint density at radius 3 is 1.26 bits per heavy atom. The molecule has 12 atom stereocenters. The van der Waals surface area contributed by atoms with Crippen LogP contribution in [0.2, 0.25) is 0 Å². The molecule has 1 aromatic carbocycles. The minimum Gasteiger partial charge on any atom is -0.508 e. The maximum absolute atomic E-state index is 14.5. The van der Waals surface area contributed by atoms with Crippen molar-refractivity contribution in [3.63, 3.8) is 0 Å². The summed E-state index contributed by atoms with van der Waals surface area (Å²) in [6.07, 6.45) is -0.619. The first-order valence-electron chi connectivity index (χ1n) is 32.9. The molecule has 0 saturated carbocycles. The van der Waals surface area contributed by atoms with E-state index in [4.69, 9.17) is 33.1 Å². The lowest BCUT2D eigenvalue weighted by atomic mass is 9.95. The molecule has 0 aliphatic heterocycles. The van der Waals surface area contributed by atoms with Gasteiger partial charge in [-0.2, -0.15) is 0 Å². The lowest BCUT2D eigenvalue weighted by Crippen LogP contribution is -2.62. The molecule has 34 heteroatoms. The van der Waals surface area contributed by atoms with Gasteiger partial charge in [0, 0.05) is 19.3 Å². The largest absolute Gasteiger partial charge is 0.508 e. The molecule has 1 aromatic rings. The van der Waals surface area contributed by atoms with Crippen molar-refractivity contribution >= 4 is 82.9 Å². The predicted molar refractivity (Wildman–Crippen MR) is 353 cm³/mol. The van der Waals surface area contributed by atoms with E-state index in [2.05, 4.69) is 58.5 Å². The van der Waals surface area contributed by atoms with Crippen LogP contribution in [-0.4, -0.2) is 208 Å². The minimum atomic E-state index is -1.74. The first kappa shape index (κ1) is 86.4. The zero-order chi connectivity index (χ0) is 73.5. The van der Waals surface area contributed by atoms with Crippen molar-refractivity contribution < 1.29 is 92.7 Å². The first-order chi connectivity index (χ1) is 45.7. The third kappa shape index (κ3) is 35.3. The highest BCUT2D eigenvalue weighted by Gasteiger charge is 2.37. The van der Waals surface area contributed by atoms with Crippen LogP contribution in [-0.2, 0) is 73.5 Å². The Labute approximate surface area is 565 Å². The molecule has 34 nitrogen and oxygen atoms in total. The van der Waals surface area contributed by atoms with Crippen LogP contribution in [0.4, 0.5) is 0 Å². The van der Waals surface area contributed by atoms with Crippen LogP contribution >= 0.6 is 0 Å². The fourth-order valence-corrected chi connectivity index (χ4v) is 9.71. The SMILES string of the molecule is CC[C@H](C)[C@H](NC(=O)[C@H](CCCCN)NC(=O)[C@H](CC(C)C)NC(=O)[C@H](CCCCN)NC(=O)[C@H](CCCCN)NC(=O)[C@@H](N)CCC(=O)O)C(=O)N[C@@H](CC(C)C)C(=O)N[C@H](C(=O)NCC(=O)NCC(=O)N[C@@H](Cc1ccc(O)cc1)C(=O)N[C@@H](CCC(=O)O)C(=O)O)[C@@H](C)O. The molecular formula is C63H107N15O19. The number of carbonyl (C=O) groups is 14. The van der Waals surface area contributed by atoms with Crippen molar-refractivity contribution in [3.8, 4) is 5.75 Å². The lowest BCUT2D eigenvalue weighted by Gasteiger charge is -2.30. The van der Waals surface area contributed by atoms with Gasteiger partial charge in [0.25, 0.3) is 0 Å². The van der Waals surface area contributed by atoms with Gasteiger partial charge in [-0.1, -0.05) is 60.1 Å². The number of carboxylic acid groups (broad SMARTS) is 3. The van der Waals surface area contributed by atoms with Gasteiger partial charge >= 0.3 is 17.9 Å². The molecule has 0 bridgehead atoms. The number of hydrogen-bond acceptors (Lipinski definition) is 20. The number of carboxylic acids is 3. The summed E-state index contributed by atoms with van der Waals surface area (Å²) < 4.78 is 0. The molecule has 0 radical (unpaired) electrons. The van der Waals surface area contributed by atoms with Crippen LogP contribution in [0.25, 0.3) is 0 Å². The summed E-state index contributed by atoms with van der Waals surface area (Å²) in [4.78, 5) is 186. The van der Waals surface area contributed by atoms with E-state index in [9.17, 15) is 82.4 Å². The Bertz CT molecular complexity index is 2740. The average molecular weight is 1380 g/mol. The highest BCUT2D eigenvalue weighted by atomic mass is 16.4. The van der Waals surface area contributed by atoms with Gasteiger partial charge in [-0.15, -0.1) is 0 Å². The van der Waals surface area contributed by atoms with E-state index in [1.54, 1.807) is 41.5 Å². The molecule has 548 valence electrons. The number of phenolic OH excluding ortho intramolecular Hbond substituents is 1. The van der Waals surface area contributed by atoms with Crippen LogP contribution in [0, 0.1) is 17.8 Å². The molecule has 0 aromatic heterocycles. The van der Waals surface area contributed by atoms with E-state index in [0.717, 1.165) is 0 Å². The Hall–Kier alpha value is -8.60. The number of rotatable bonds is 50. The molecule has 24 N–H and O–H groups in total. The first-order valence-corrected chi connectivity index (χ1v) is 32.9. The van der Waals surface area contributed by atoms with Crippen molar-refractivity contribution in [1.29, 1.82) is 0 Å². The van der Waals surface area contributed by atoms with E-state index < -0.39 is 188 Å². The summed E-state index contributed by atoms with van der Waals surface area (Å²) in [5.41, 5.74) is 23.6. The van der Waals surface area contributed by atoms with Crippen molar-refractivity contribution in [2.75, 3.05) is 32.7 Å². The zero-order valence-electron chi connectivity index (χ0n) is 56.7. The van der Waals surface area contributed by atoms with Gasteiger partial charge in [-0.05, 0) is 145 Å². The van der Waals surface area contributed by atoms with Gasteiger partial charge in [0.15, 0.2) is 0 Å². The molecule has 0 spiro atoms. The van der Waals surface area contributed by atoms with Gasteiger partial charge in [0.1, 0.15) is 60.1 Å². The smallest absolute Gasteiger partial charge is 0.326 e. The number of nitrogens with one attached hydrogen (secondary N) is 11. The number of nitrogens with two attached hydrogens (primary N) is 4. The van der Waals surface area contributed by atoms with E-state index in [0.29, 0.717) is 50.5 Å². The van der Waals surface area contributed by atoms with Gasteiger partial charge in [-0.25, -0.2) is 4.79 Å². The summed E-state index contributed by atoms with van der Waals surface area (Å²) in [5.74, 6) is -15.0. The van der Waals surface area contributed by atoms with E-state index in [-0.39, 0.29) is 82.2 Å². The number of hydrogen-bond donors (Lipinski definition) is 20. The number of amides is 11. The van der Waals surface area contributed by atoms with Crippen LogP contribution in [0.3, 0.4) is 0 Å². The second kappa shape index (κ2) is 46.5. The van der Waals surface area contributed by atoms with Crippen molar-refractivity contribution in [2.45, 2.75) is 224 Å². The predicted octanol–water partition coefficient (Wildman–Crippen LogP) is -3.42. The summed E-state index contributed by atoms with van der Waals surface area (Å²) in [6.45, 7) is 10.8. The molecule has 0 fully saturated rings. The molecule has 0 saturated heterocycles. The molecule has 1 rings (SSSR count). The number of aromatic hydroxyl groups is 1. The summed E-state index contributed by atoms with van der Waals surface area (Å²) in [5, 5.41) is 75.8. The number of aliphatic carboxylic acids is 3. The van der Waals surface area contributed by atoms with Crippen molar-refractivity contribution in [2.24, 2.45) is 40.7 Å². The summed E-state index contributed by atoms with van der Waals surface area (Å²) >= 11 is 0. The number of unbranched alkanes of at least 4 members (excludes halogenated alkanes) is 3. The van der Waals surface area contributed by atoms with E-state index in [1.165, 1.54) is 31.2 Å². The van der Waals surface area contributed by atoms with Crippen LogP contribution < -0.4 is 81.4 Å². The Balaban J connectivity index is 3.38. The van der Waals surface area contributed by atoms with Crippen molar-refractivity contribution in [1.82, 2.24) is 58.5 Å². The second-order valence-corrected chi connectivity index (χ2v) is 24.9. The van der Waals surface area contributed by atoms with Gasteiger partial charge in [0.2, 0.25) is 65.0 Å². The average Bonchev–Trinajstić information content (AvgIpc) is 0.918. The molecule has 11 amide bonds. The van der Waals surface area contributed by atoms with Gasteiger partial charge < -0.3 is 107 Å². The maximum Gasteiger partial charge on any atom is 0.326 e. The van der Waals surface area contributed by atoms with Gasteiger partial charge in [0.05, 0.1) is 25.2 Å². The van der Waals surface area contributed by atoms with Crippen LogP contribution in [0.5, 0.6) is 5.75 Å². The third-order valence-corrected chi connectivity index (χ3v) is 15.4. The van der Waals surface area contributed by atoms with E-state index >= 15 is 0 Å². The van der Waals surface area contributed by atoms with Crippen LogP contribution in [0.15, 0.2) is 24.3 Å². The number of carbonyl (C=O) groups excluding carboxylic acids is 11. The summed E-state index contributed by atoms with van der Waals surface area (Å²) in [7, 11) is 0. The van der Waals surface area contributed by atoms with Gasteiger partial charge in [-0.3, -0.25) is 62.3 Å². The number of aliphatic hydroxyl groups is 1. The second-order valence-electron chi connectivity index (χ2n) is 24.9. The quantitative estimate of drug-likeness (QED) is 0.0282.